The van der Waals surface area contributed by atoms with Crippen LogP contribution in [0.4, 0.5) is 10.1 Å². The van der Waals surface area contributed by atoms with E-state index in [1.54, 1.807) is 12.1 Å². The second-order valence-corrected chi connectivity index (χ2v) is 6.81. The molecule has 2 aliphatic rings. The summed E-state index contributed by atoms with van der Waals surface area (Å²) >= 11 is 0. The largest absolute Gasteiger partial charge is 0.371 e. The van der Waals surface area contributed by atoms with Gasteiger partial charge in [0, 0.05) is 24.8 Å². The van der Waals surface area contributed by atoms with E-state index in [-0.39, 0.29) is 5.82 Å². The minimum Gasteiger partial charge on any atom is -0.371 e. The van der Waals surface area contributed by atoms with Gasteiger partial charge in [0.15, 0.2) is 0 Å². The van der Waals surface area contributed by atoms with Gasteiger partial charge in [0.1, 0.15) is 5.82 Å². The van der Waals surface area contributed by atoms with E-state index in [0.29, 0.717) is 12.0 Å². The maximum atomic E-state index is 13.5. The average Bonchev–Trinajstić information content (AvgIpc) is 2.84. The van der Waals surface area contributed by atoms with E-state index in [1.807, 2.05) is 6.07 Å². The summed E-state index contributed by atoms with van der Waals surface area (Å²) < 4.78 is 13.5. The number of rotatable bonds is 4. The maximum absolute atomic E-state index is 13.5. The molecule has 0 radical (unpaired) electrons. The molecule has 0 aromatic heterocycles. The molecule has 3 atom stereocenters. The van der Waals surface area contributed by atoms with Gasteiger partial charge in [-0.1, -0.05) is 19.9 Å². The molecule has 3 unspecified atom stereocenters. The first kappa shape index (κ1) is 14.8. The fourth-order valence-corrected chi connectivity index (χ4v) is 4.12. The fraction of sp³-hybridized carbons (Fsp3) is 0.667. The Hall–Kier alpha value is -1.09. The number of halogens is 1. The summed E-state index contributed by atoms with van der Waals surface area (Å²) in [5.41, 5.74) is 2.43. The number of benzene rings is 1. The second kappa shape index (κ2) is 6.35. The lowest BCUT2D eigenvalue weighted by molar-refractivity contribution is 0.218. The van der Waals surface area contributed by atoms with E-state index in [1.165, 1.54) is 24.8 Å². The lowest BCUT2D eigenvalue weighted by atomic mass is 9.78. The van der Waals surface area contributed by atoms with Gasteiger partial charge in [0.2, 0.25) is 0 Å². The molecular formula is C18H27FN2. The standard InChI is InChI=1S/C18H27FN2/c1-3-20-17-7-4-13(2)10-15(17)12-21-9-8-14-5-6-16(19)11-18(14)21/h5-6,11,13,15,17,20H,3-4,7-10,12H2,1-2H3. The summed E-state index contributed by atoms with van der Waals surface area (Å²) in [4.78, 5) is 2.41. The molecule has 0 amide bonds. The predicted octanol–water partition coefficient (Wildman–Crippen LogP) is 3.60. The molecule has 1 heterocycles. The van der Waals surface area contributed by atoms with Crippen molar-refractivity contribution in [2.24, 2.45) is 11.8 Å². The maximum Gasteiger partial charge on any atom is 0.125 e. The van der Waals surface area contributed by atoms with Crippen LogP contribution in [0.3, 0.4) is 0 Å². The van der Waals surface area contributed by atoms with E-state index in [9.17, 15) is 4.39 Å². The van der Waals surface area contributed by atoms with Crippen molar-refractivity contribution in [3.63, 3.8) is 0 Å². The number of anilines is 1. The summed E-state index contributed by atoms with van der Waals surface area (Å²) in [6.45, 7) is 7.71. The Morgan fingerprint density at radius 3 is 3.00 bits per heavy atom. The predicted molar refractivity (Wildman–Crippen MR) is 86.3 cm³/mol. The number of fused-ring (bicyclic) bond motifs is 1. The third kappa shape index (κ3) is 3.23. The Bertz CT molecular complexity index is 488. The van der Waals surface area contributed by atoms with Gasteiger partial charge in [-0.2, -0.15) is 0 Å². The zero-order chi connectivity index (χ0) is 14.8. The smallest absolute Gasteiger partial charge is 0.125 e. The normalized spacial score (nSPS) is 28.7. The van der Waals surface area contributed by atoms with Crippen molar-refractivity contribution in [1.82, 2.24) is 5.32 Å². The minimum absolute atomic E-state index is 0.110. The first-order valence-corrected chi connectivity index (χ1v) is 8.44. The van der Waals surface area contributed by atoms with E-state index in [2.05, 4.69) is 24.1 Å². The van der Waals surface area contributed by atoms with Crippen LogP contribution in [-0.2, 0) is 6.42 Å². The number of nitrogens with zero attached hydrogens (tertiary/aromatic N) is 1. The number of hydrogen-bond acceptors (Lipinski definition) is 2. The van der Waals surface area contributed by atoms with Crippen molar-refractivity contribution in [2.45, 2.75) is 45.6 Å². The van der Waals surface area contributed by atoms with Crippen molar-refractivity contribution in [1.29, 1.82) is 0 Å². The molecule has 1 aromatic carbocycles. The molecule has 1 N–H and O–H groups in total. The molecule has 3 rings (SSSR count). The van der Waals surface area contributed by atoms with Gasteiger partial charge in [0.05, 0.1) is 0 Å². The third-order valence-corrected chi connectivity index (χ3v) is 5.20. The Balaban J connectivity index is 1.72. The molecule has 1 saturated carbocycles. The van der Waals surface area contributed by atoms with Crippen LogP contribution in [0.2, 0.25) is 0 Å². The van der Waals surface area contributed by atoms with E-state index in [4.69, 9.17) is 0 Å². The van der Waals surface area contributed by atoms with Crippen LogP contribution in [0.15, 0.2) is 18.2 Å². The summed E-state index contributed by atoms with van der Waals surface area (Å²) in [5, 5.41) is 3.66. The number of hydrogen-bond donors (Lipinski definition) is 1. The number of nitrogens with one attached hydrogen (secondary N) is 1. The third-order valence-electron chi connectivity index (χ3n) is 5.20. The van der Waals surface area contributed by atoms with Crippen LogP contribution in [-0.4, -0.2) is 25.7 Å². The first-order chi connectivity index (χ1) is 10.2. The Morgan fingerprint density at radius 2 is 2.19 bits per heavy atom. The van der Waals surface area contributed by atoms with E-state index in [0.717, 1.165) is 37.7 Å². The van der Waals surface area contributed by atoms with Gasteiger partial charge in [-0.25, -0.2) is 4.39 Å². The summed E-state index contributed by atoms with van der Waals surface area (Å²) in [7, 11) is 0. The van der Waals surface area contributed by atoms with Crippen molar-refractivity contribution in [3.05, 3.63) is 29.6 Å². The lowest BCUT2D eigenvalue weighted by Crippen LogP contribution is -2.45. The molecule has 1 fully saturated rings. The highest BCUT2D eigenvalue weighted by atomic mass is 19.1. The van der Waals surface area contributed by atoms with Crippen LogP contribution in [0, 0.1) is 17.7 Å². The second-order valence-electron chi connectivity index (χ2n) is 6.81. The van der Waals surface area contributed by atoms with Crippen molar-refractivity contribution in [3.8, 4) is 0 Å². The van der Waals surface area contributed by atoms with Crippen LogP contribution in [0.5, 0.6) is 0 Å². The van der Waals surface area contributed by atoms with Gasteiger partial charge in [-0.3, -0.25) is 0 Å². The van der Waals surface area contributed by atoms with Crippen molar-refractivity contribution < 1.29 is 4.39 Å². The summed E-state index contributed by atoms with van der Waals surface area (Å²) in [5.74, 6) is 1.39. The monoisotopic (exact) mass is 290 g/mol. The van der Waals surface area contributed by atoms with Crippen LogP contribution < -0.4 is 10.2 Å². The topological polar surface area (TPSA) is 15.3 Å². The molecule has 21 heavy (non-hydrogen) atoms. The van der Waals surface area contributed by atoms with Gasteiger partial charge in [-0.15, -0.1) is 0 Å². The fourth-order valence-electron chi connectivity index (χ4n) is 4.12. The van der Waals surface area contributed by atoms with Gasteiger partial charge < -0.3 is 10.2 Å². The molecular weight excluding hydrogens is 263 g/mol. The summed E-state index contributed by atoms with van der Waals surface area (Å²) in [6.07, 6.45) is 4.96. The zero-order valence-electron chi connectivity index (χ0n) is 13.2. The van der Waals surface area contributed by atoms with Gasteiger partial charge in [0.25, 0.3) is 0 Å². The highest BCUT2D eigenvalue weighted by Gasteiger charge is 2.31. The highest BCUT2D eigenvalue weighted by molar-refractivity contribution is 5.58. The molecule has 0 bridgehead atoms. The Labute approximate surface area is 127 Å². The molecule has 1 aromatic rings. The van der Waals surface area contributed by atoms with Crippen LogP contribution in [0.1, 0.15) is 38.7 Å². The highest BCUT2D eigenvalue weighted by Crippen LogP contribution is 2.34. The first-order valence-electron chi connectivity index (χ1n) is 8.44. The lowest BCUT2D eigenvalue weighted by Gasteiger charge is -2.38. The van der Waals surface area contributed by atoms with Crippen molar-refractivity contribution in [2.75, 3.05) is 24.5 Å². The van der Waals surface area contributed by atoms with E-state index < -0.39 is 0 Å². The van der Waals surface area contributed by atoms with Gasteiger partial charge in [-0.05, 0) is 61.8 Å². The Morgan fingerprint density at radius 1 is 1.33 bits per heavy atom. The van der Waals surface area contributed by atoms with Gasteiger partial charge >= 0.3 is 0 Å². The SMILES string of the molecule is CCNC1CCC(C)CC1CN1CCc2ccc(F)cc21. The molecule has 0 spiro atoms. The van der Waals surface area contributed by atoms with E-state index >= 15 is 0 Å². The molecule has 1 aliphatic carbocycles. The Kier molecular flexibility index (Phi) is 4.48. The summed E-state index contributed by atoms with van der Waals surface area (Å²) in [6, 6.07) is 5.89. The van der Waals surface area contributed by atoms with Crippen LogP contribution >= 0.6 is 0 Å². The average molecular weight is 290 g/mol. The van der Waals surface area contributed by atoms with Crippen molar-refractivity contribution >= 4 is 5.69 Å². The molecule has 2 nitrogen and oxygen atoms in total. The minimum atomic E-state index is -0.110. The molecule has 1 aliphatic heterocycles. The zero-order valence-corrected chi connectivity index (χ0v) is 13.2. The molecule has 116 valence electrons. The quantitative estimate of drug-likeness (QED) is 0.911. The molecule has 0 saturated heterocycles. The van der Waals surface area contributed by atoms with Crippen LogP contribution in [0.25, 0.3) is 0 Å². The molecule has 3 heteroatoms.